The highest BCUT2D eigenvalue weighted by molar-refractivity contribution is 14.1. The minimum Gasteiger partial charge on any atom is -0.461 e. The van der Waals surface area contributed by atoms with Crippen LogP contribution in [0.4, 0.5) is 4.39 Å². The fourth-order valence-electron chi connectivity index (χ4n) is 1.47. The van der Waals surface area contributed by atoms with Crippen LogP contribution in [0.3, 0.4) is 0 Å². The first-order valence-corrected chi connectivity index (χ1v) is 6.37. The molecule has 4 nitrogen and oxygen atoms in total. The van der Waals surface area contributed by atoms with E-state index in [9.17, 15) is 9.18 Å². The van der Waals surface area contributed by atoms with Crippen molar-refractivity contribution in [2.24, 2.45) is 0 Å². The molecule has 0 unspecified atom stereocenters. The van der Waals surface area contributed by atoms with Gasteiger partial charge in [0.15, 0.2) is 0 Å². The molecule has 0 amide bonds. The Morgan fingerprint density at radius 3 is 3.00 bits per heavy atom. The number of aromatic amines is 1. The molecule has 0 fully saturated rings. The summed E-state index contributed by atoms with van der Waals surface area (Å²) in [6, 6.07) is 5.97. The molecule has 2 aromatic rings. The molecule has 0 aliphatic carbocycles. The van der Waals surface area contributed by atoms with Gasteiger partial charge < -0.3 is 4.74 Å². The van der Waals surface area contributed by atoms with Crippen molar-refractivity contribution < 1.29 is 13.9 Å². The van der Waals surface area contributed by atoms with Crippen LogP contribution in [-0.2, 0) is 4.74 Å². The quantitative estimate of drug-likeness (QED) is 0.676. The predicted octanol–water partition coefficient (Wildman–Crippen LogP) is 3.00. The predicted molar refractivity (Wildman–Crippen MR) is 72.7 cm³/mol. The zero-order valence-electron chi connectivity index (χ0n) is 9.54. The molecular weight excluding hydrogens is 350 g/mol. The summed E-state index contributed by atoms with van der Waals surface area (Å²) in [5.41, 5.74) is 1.41. The zero-order chi connectivity index (χ0) is 13.1. The smallest absolute Gasteiger partial charge is 0.356 e. The maximum atomic E-state index is 13.2. The molecule has 0 saturated heterocycles. The Kier molecular flexibility index (Phi) is 3.95. The molecule has 0 bridgehead atoms. The molecular formula is C12H10FIN2O2. The van der Waals surface area contributed by atoms with E-state index in [2.05, 4.69) is 32.8 Å². The van der Waals surface area contributed by atoms with E-state index in [1.165, 1.54) is 12.1 Å². The second-order valence-electron chi connectivity index (χ2n) is 3.51. The van der Waals surface area contributed by atoms with Crippen molar-refractivity contribution >= 4 is 28.6 Å². The van der Waals surface area contributed by atoms with E-state index >= 15 is 0 Å². The zero-order valence-corrected chi connectivity index (χ0v) is 11.7. The first kappa shape index (κ1) is 13.0. The molecule has 0 aliphatic heterocycles. The molecule has 0 atom stereocenters. The highest BCUT2D eigenvalue weighted by atomic mass is 127. The minimum atomic E-state index is -0.470. The Hall–Kier alpha value is -1.44. The van der Waals surface area contributed by atoms with Crippen LogP contribution in [0.1, 0.15) is 17.4 Å². The number of carbonyl (C=O) groups is 1. The van der Waals surface area contributed by atoms with Crippen molar-refractivity contribution in [1.29, 1.82) is 0 Å². The second-order valence-corrected chi connectivity index (χ2v) is 4.67. The minimum absolute atomic E-state index is 0.256. The monoisotopic (exact) mass is 360 g/mol. The Labute approximate surface area is 117 Å². The van der Waals surface area contributed by atoms with Gasteiger partial charge in [0.05, 0.1) is 12.3 Å². The highest BCUT2D eigenvalue weighted by Crippen LogP contribution is 2.25. The molecule has 1 heterocycles. The molecule has 18 heavy (non-hydrogen) atoms. The first-order chi connectivity index (χ1) is 8.61. The number of carbonyl (C=O) groups excluding carboxylic acids is 1. The highest BCUT2D eigenvalue weighted by Gasteiger charge is 2.13. The summed E-state index contributed by atoms with van der Waals surface area (Å²) in [7, 11) is 0. The van der Waals surface area contributed by atoms with Gasteiger partial charge in [-0.05, 0) is 53.8 Å². The van der Waals surface area contributed by atoms with Crippen LogP contribution < -0.4 is 0 Å². The third kappa shape index (κ3) is 2.69. The van der Waals surface area contributed by atoms with Gasteiger partial charge in [0.1, 0.15) is 11.5 Å². The maximum absolute atomic E-state index is 13.2. The van der Waals surface area contributed by atoms with Crippen LogP contribution in [0.5, 0.6) is 0 Å². The molecule has 0 spiro atoms. The van der Waals surface area contributed by atoms with E-state index in [-0.39, 0.29) is 11.5 Å². The number of aromatic nitrogens is 2. The van der Waals surface area contributed by atoms with E-state index in [0.717, 1.165) is 3.57 Å². The number of benzene rings is 1. The van der Waals surface area contributed by atoms with E-state index in [1.54, 1.807) is 19.1 Å². The van der Waals surface area contributed by atoms with Crippen molar-refractivity contribution in [3.8, 4) is 11.3 Å². The van der Waals surface area contributed by atoms with Crippen molar-refractivity contribution in [2.45, 2.75) is 6.92 Å². The van der Waals surface area contributed by atoms with E-state index in [4.69, 9.17) is 4.74 Å². The van der Waals surface area contributed by atoms with Gasteiger partial charge in [0.2, 0.25) is 0 Å². The number of H-pyrrole nitrogens is 1. The van der Waals surface area contributed by atoms with Gasteiger partial charge in [-0.1, -0.05) is 0 Å². The van der Waals surface area contributed by atoms with Crippen molar-refractivity contribution in [1.82, 2.24) is 10.2 Å². The molecule has 0 saturated carbocycles. The van der Waals surface area contributed by atoms with Gasteiger partial charge in [0, 0.05) is 9.13 Å². The summed E-state index contributed by atoms with van der Waals surface area (Å²) in [6.45, 7) is 2.02. The SMILES string of the molecule is CCOC(=O)c1cc(-c2cc(F)ccc2I)n[nH]1. The van der Waals surface area contributed by atoms with Crippen LogP contribution in [0, 0.1) is 9.39 Å². The maximum Gasteiger partial charge on any atom is 0.356 e. The van der Waals surface area contributed by atoms with Crippen LogP contribution in [0.25, 0.3) is 11.3 Å². The summed E-state index contributed by atoms with van der Waals surface area (Å²) in [5.74, 6) is -0.811. The fraction of sp³-hybridized carbons (Fsp3) is 0.167. The van der Waals surface area contributed by atoms with Gasteiger partial charge in [-0.2, -0.15) is 5.10 Å². The first-order valence-electron chi connectivity index (χ1n) is 5.29. The van der Waals surface area contributed by atoms with Crippen molar-refractivity contribution in [3.63, 3.8) is 0 Å². The van der Waals surface area contributed by atoms with Crippen molar-refractivity contribution in [2.75, 3.05) is 6.61 Å². The van der Waals surface area contributed by atoms with Crippen LogP contribution >= 0.6 is 22.6 Å². The summed E-state index contributed by atoms with van der Waals surface area (Å²) < 4.78 is 18.9. The number of halogens is 2. The lowest BCUT2D eigenvalue weighted by Crippen LogP contribution is -2.04. The third-order valence-electron chi connectivity index (χ3n) is 2.28. The topological polar surface area (TPSA) is 55.0 Å². The standard InChI is InChI=1S/C12H10FIN2O2/c1-2-18-12(17)11-6-10(15-16-11)8-5-7(13)3-4-9(8)14/h3-6H,2H2,1H3,(H,15,16). The molecule has 1 N–H and O–H groups in total. The number of rotatable bonds is 3. The molecule has 0 radical (unpaired) electrons. The van der Waals surface area contributed by atoms with E-state index in [0.29, 0.717) is 17.9 Å². The summed E-state index contributed by atoms with van der Waals surface area (Å²) in [6.07, 6.45) is 0. The number of ether oxygens (including phenoxy) is 1. The average Bonchev–Trinajstić information content (AvgIpc) is 2.82. The number of esters is 1. The molecule has 94 valence electrons. The van der Waals surface area contributed by atoms with Gasteiger partial charge >= 0.3 is 5.97 Å². The van der Waals surface area contributed by atoms with E-state index in [1.807, 2.05) is 0 Å². The molecule has 0 aliphatic rings. The van der Waals surface area contributed by atoms with Gasteiger partial charge in [0.25, 0.3) is 0 Å². The van der Waals surface area contributed by atoms with Gasteiger partial charge in [-0.25, -0.2) is 9.18 Å². The molecule has 2 rings (SSSR count). The number of nitrogens with zero attached hydrogens (tertiary/aromatic N) is 1. The number of nitrogens with one attached hydrogen (secondary N) is 1. The third-order valence-corrected chi connectivity index (χ3v) is 3.22. The van der Waals surface area contributed by atoms with Gasteiger partial charge in [-0.3, -0.25) is 5.10 Å². The summed E-state index contributed by atoms with van der Waals surface area (Å²) in [4.78, 5) is 11.5. The second kappa shape index (κ2) is 5.47. The number of hydrogen-bond donors (Lipinski definition) is 1. The lowest BCUT2D eigenvalue weighted by molar-refractivity contribution is 0.0519. The largest absolute Gasteiger partial charge is 0.461 e. The Morgan fingerprint density at radius 1 is 1.50 bits per heavy atom. The fourth-order valence-corrected chi connectivity index (χ4v) is 2.08. The lowest BCUT2D eigenvalue weighted by atomic mass is 10.1. The molecule has 1 aromatic carbocycles. The average molecular weight is 360 g/mol. The summed E-state index contributed by atoms with van der Waals surface area (Å²) in [5, 5.41) is 6.58. The Balaban J connectivity index is 2.35. The van der Waals surface area contributed by atoms with Crippen LogP contribution in [-0.4, -0.2) is 22.8 Å². The van der Waals surface area contributed by atoms with Gasteiger partial charge in [-0.15, -0.1) is 0 Å². The summed E-state index contributed by atoms with van der Waals surface area (Å²) >= 11 is 2.09. The Morgan fingerprint density at radius 2 is 2.28 bits per heavy atom. The Bertz CT molecular complexity index is 583. The van der Waals surface area contributed by atoms with Crippen LogP contribution in [0.2, 0.25) is 0 Å². The molecule has 6 heteroatoms. The molecule has 1 aromatic heterocycles. The lowest BCUT2D eigenvalue weighted by Gasteiger charge is -2.00. The van der Waals surface area contributed by atoms with E-state index < -0.39 is 5.97 Å². The van der Waals surface area contributed by atoms with Crippen molar-refractivity contribution in [3.05, 3.63) is 39.3 Å². The normalized spacial score (nSPS) is 10.4. The van der Waals surface area contributed by atoms with Crippen LogP contribution in [0.15, 0.2) is 24.3 Å². The number of hydrogen-bond acceptors (Lipinski definition) is 3.